The molecule has 0 saturated carbocycles. The molecule has 5 heteroatoms. The summed E-state index contributed by atoms with van der Waals surface area (Å²) in [6.45, 7) is 1.89. The van der Waals surface area contributed by atoms with E-state index in [0.29, 0.717) is 12.3 Å². The number of anilines is 1. The number of carbonyl (C=O) groups is 1. The Labute approximate surface area is 124 Å². The standard InChI is InChI=1S/C16H20N4O/c1-17-15(21)10-12-6-8-20(9-7-12)16-13-4-2-3-5-14(13)18-11-19-16/h2-5,11-12H,6-10H2,1H3,(H,17,21). The van der Waals surface area contributed by atoms with E-state index >= 15 is 0 Å². The topological polar surface area (TPSA) is 58.1 Å². The van der Waals surface area contributed by atoms with Gasteiger partial charge in [0.15, 0.2) is 0 Å². The van der Waals surface area contributed by atoms with E-state index < -0.39 is 0 Å². The van der Waals surface area contributed by atoms with Gasteiger partial charge in [0.1, 0.15) is 12.1 Å². The maximum atomic E-state index is 11.5. The molecule has 21 heavy (non-hydrogen) atoms. The Balaban J connectivity index is 1.73. The third-order valence-electron chi connectivity index (χ3n) is 4.19. The van der Waals surface area contributed by atoms with E-state index in [4.69, 9.17) is 0 Å². The van der Waals surface area contributed by atoms with E-state index in [1.807, 2.05) is 18.2 Å². The van der Waals surface area contributed by atoms with Crippen LogP contribution in [0.2, 0.25) is 0 Å². The molecule has 1 fully saturated rings. The molecule has 2 heterocycles. The predicted molar refractivity (Wildman–Crippen MR) is 83.2 cm³/mol. The second-order valence-corrected chi connectivity index (χ2v) is 5.52. The zero-order valence-electron chi connectivity index (χ0n) is 12.2. The van der Waals surface area contributed by atoms with Crippen molar-refractivity contribution < 1.29 is 4.79 Å². The van der Waals surface area contributed by atoms with Crippen LogP contribution < -0.4 is 10.2 Å². The van der Waals surface area contributed by atoms with Crippen molar-refractivity contribution in [2.75, 3.05) is 25.0 Å². The Kier molecular flexibility index (Phi) is 3.99. The molecule has 0 unspecified atom stereocenters. The first-order chi connectivity index (χ1) is 10.3. The van der Waals surface area contributed by atoms with Crippen LogP contribution in [0.3, 0.4) is 0 Å². The summed E-state index contributed by atoms with van der Waals surface area (Å²) in [5, 5.41) is 3.81. The van der Waals surface area contributed by atoms with Crippen LogP contribution in [0, 0.1) is 5.92 Å². The molecule has 1 amide bonds. The number of amides is 1. The van der Waals surface area contributed by atoms with Gasteiger partial charge in [-0.1, -0.05) is 12.1 Å². The molecule has 1 aromatic heterocycles. The lowest BCUT2D eigenvalue weighted by Crippen LogP contribution is -2.36. The van der Waals surface area contributed by atoms with Gasteiger partial charge in [-0.25, -0.2) is 9.97 Å². The molecule has 0 radical (unpaired) electrons. The lowest BCUT2D eigenvalue weighted by atomic mass is 9.93. The van der Waals surface area contributed by atoms with Gasteiger partial charge in [-0.3, -0.25) is 4.79 Å². The lowest BCUT2D eigenvalue weighted by molar-refractivity contribution is -0.121. The van der Waals surface area contributed by atoms with E-state index in [1.165, 1.54) is 0 Å². The first-order valence-electron chi connectivity index (χ1n) is 7.43. The lowest BCUT2D eigenvalue weighted by Gasteiger charge is -2.33. The minimum atomic E-state index is 0.140. The number of piperidine rings is 1. The fourth-order valence-corrected chi connectivity index (χ4v) is 2.96. The molecule has 1 aromatic carbocycles. The Morgan fingerprint density at radius 1 is 1.29 bits per heavy atom. The normalized spacial score (nSPS) is 16.1. The highest BCUT2D eigenvalue weighted by atomic mass is 16.1. The number of benzene rings is 1. The molecule has 5 nitrogen and oxygen atoms in total. The van der Waals surface area contributed by atoms with Crippen molar-refractivity contribution in [1.29, 1.82) is 0 Å². The number of nitrogens with zero attached hydrogens (tertiary/aromatic N) is 3. The molecule has 0 aliphatic carbocycles. The first-order valence-corrected chi connectivity index (χ1v) is 7.43. The summed E-state index contributed by atoms with van der Waals surface area (Å²) < 4.78 is 0. The van der Waals surface area contributed by atoms with Gasteiger partial charge in [-0.2, -0.15) is 0 Å². The van der Waals surface area contributed by atoms with Crippen molar-refractivity contribution in [2.24, 2.45) is 5.92 Å². The number of fused-ring (bicyclic) bond motifs is 1. The second-order valence-electron chi connectivity index (χ2n) is 5.52. The number of nitrogens with one attached hydrogen (secondary N) is 1. The number of para-hydroxylation sites is 1. The molecule has 1 aliphatic rings. The molecule has 1 N–H and O–H groups in total. The molecular formula is C16H20N4O. The average Bonchev–Trinajstić information content (AvgIpc) is 2.55. The highest BCUT2D eigenvalue weighted by Gasteiger charge is 2.23. The molecule has 110 valence electrons. The second kappa shape index (κ2) is 6.08. The van der Waals surface area contributed by atoms with Crippen LogP contribution in [0.15, 0.2) is 30.6 Å². The van der Waals surface area contributed by atoms with Gasteiger partial charge in [-0.05, 0) is 30.9 Å². The van der Waals surface area contributed by atoms with Gasteiger partial charge in [0.2, 0.25) is 5.91 Å². The molecule has 1 aliphatic heterocycles. The number of hydrogen-bond acceptors (Lipinski definition) is 4. The van der Waals surface area contributed by atoms with E-state index in [-0.39, 0.29) is 5.91 Å². The van der Waals surface area contributed by atoms with Gasteiger partial charge in [-0.15, -0.1) is 0 Å². The molecule has 1 saturated heterocycles. The van der Waals surface area contributed by atoms with Crippen molar-refractivity contribution in [2.45, 2.75) is 19.3 Å². The first kappa shape index (κ1) is 13.8. The highest BCUT2D eigenvalue weighted by Crippen LogP contribution is 2.28. The van der Waals surface area contributed by atoms with Crippen molar-refractivity contribution in [3.8, 4) is 0 Å². The summed E-state index contributed by atoms with van der Waals surface area (Å²) in [7, 11) is 1.70. The zero-order chi connectivity index (χ0) is 14.7. The Hall–Kier alpha value is -2.17. The molecule has 0 atom stereocenters. The Bertz CT molecular complexity index is 630. The fraction of sp³-hybridized carbons (Fsp3) is 0.438. The van der Waals surface area contributed by atoms with Crippen LogP contribution in [0.4, 0.5) is 5.82 Å². The van der Waals surface area contributed by atoms with Crippen LogP contribution in [-0.2, 0) is 4.79 Å². The van der Waals surface area contributed by atoms with Gasteiger partial charge in [0.05, 0.1) is 5.52 Å². The minimum absolute atomic E-state index is 0.140. The van der Waals surface area contributed by atoms with Crippen molar-refractivity contribution in [1.82, 2.24) is 15.3 Å². The minimum Gasteiger partial charge on any atom is -0.359 e. The summed E-state index contributed by atoms with van der Waals surface area (Å²) in [6, 6.07) is 8.10. The van der Waals surface area contributed by atoms with E-state index in [0.717, 1.165) is 42.7 Å². The predicted octanol–water partition coefficient (Wildman–Crippen LogP) is 1.98. The van der Waals surface area contributed by atoms with Crippen LogP contribution in [-0.4, -0.2) is 36.0 Å². The third kappa shape index (κ3) is 2.96. The van der Waals surface area contributed by atoms with Crippen LogP contribution >= 0.6 is 0 Å². The van der Waals surface area contributed by atoms with Crippen molar-refractivity contribution >= 4 is 22.6 Å². The summed E-state index contributed by atoms with van der Waals surface area (Å²) in [6.07, 6.45) is 4.33. The van der Waals surface area contributed by atoms with Gasteiger partial charge < -0.3 is 10.2 Å². The maximum Gasteiger partial charge on any atom is 0.220 e. The molecule has 0 spiro atoms. The van der Waals surface area contributed by atoms with Gasteiger partial charge in [0.25, 0.3) is 0 Å². The molecule has 2 aromatic rings. The number of rotatable bonds is 3. The largest absolute Gasteiger partial charge is 0.359 e. The summed E-state index contributed by atoms with van der Waals surface area (Å²) in [4.78, 5) is 22.6. The van der Waals surface area contributed by atoms with Crippen molar-refractivity contribution in [3.05, 3.63) is 30.6 Å². The van der Waals surface area contributed by atoms with E-state index in [1.54, 1.807) is 13.4 Å². The summed E-state index contributed by atoms with van der Waals surface area (Å²) >= 11 is 0. The quantitative estimate of drug-likeness (QED) is 0.936. The van der Waals surface area contributed by atoms with Crippen LogP contribution in [0.1, 0.15) is 19.3 Å². The smallest absolute Gasteiger partial charge is 0.220 e. The SMILES string of the molecule is CNC(=O)CC1CCN(c2ncnc3ccccc23)CC1. The molecular weight excluding hydrogens is 264 g/mol. The fourth-order valence-electron chi connectivity index (χ4n) is 2.96. The zero-order valence-corrected chi connectivity index (χ0v) is 12.2. The van der Waals surface area contributed by atoms with E-state index in [2.05, 4.69) is 26.3 Å². The van der Waals surface area contributed by atoms with Crippen LogP contribution in [0.25, 0.3) is 10.9 Å². The number of aromatic nitrogens is 2. The summed E-state index contributed by atoms with van der Waals surface area (Å²) in [5.41, 5.74) is 0.981. The molecule has 3 rings (SSSR count). The summed E-state index contributed by atoms with van der Waals surface area (Å²) in [5.74, 6) is 1.63. The van der Waals surface area contributed by atoms with Gasteiger partial charge in [0, 0.05) is 31.9 Å². The Morgan fingerprint density at radius 3 is 2.81 bits per heavy atom. The maximum absolute atomic E-state index is 11.5. The average molecular weight is 284 g/mol. The third-order valence-corrected chi connectivity index (χ3v) is 4.19. The monoisotopic (exact) mass is 284 g/mol. The van der Waals surface area contributed by atoms with Crippen LogP contribution in [0.5, 0.6) is 0 Å². The highest BCUT2D eigenvalue weighted by molar-refractivity contribution is 5.89. The Morgan fingerprint density at radius 2 is 2.05 bits per heavy atom. The van der Waals surface area contributed by atoms with Crippen molar-refractivity contribution in [3.63, 3.8) is 0 Å². The number of hydrogen-bond donors (Lipinski definition) is 1. The number of carbonyl (C=O) groups excluding carboxylic acids is 1. The van der Waals surface area contributed by atoms with E-state index in [9.17, 15) is 4.79 Å². The van der Waals surface area contributed by atoms with Gasteiger partial charge >= 0.3 is 0 Å². The molecule has 0 bridgehead atoms.